The van der Waals surface area contributed by atoms with E-state index in [0.29, 0.717) is 49.4 Å². The number of amides is 1. The van der Waals surface area contributed by atoms with Gasteiger partial charge in [-0.1, -0.05) is 68.4 Å². The molecular formula is C26H29N3O4. The van der Waals surface area contributed by atoms with E-state index in [9.17, 15) is 4.79 Å². The van der Waals surface area contributed by atoms with E-state index in [1.165, 1.54) is 0 Å². The maximum atomic E-state index is 13.3. The number of benzene rings is 2. The summed E-state index contributed by atoms with van der Waals surface area (Å²) in [6, 6.07) is 15.6. The smallest absolute Gasteiger partial charge is 0.227 e. The molecule has 1 aliphatic heterocycles. The third-order valence-corrected chi connectivity index (χ3v) is 5.23. The number of carbonyl (C=O) groups is 1. The average molecular weight is 448 g/mol. The van der Waals surface area contributed by atoms with Gasteiger partial charge in [-0.25, -0.2) is 0 Å². The number of ether oxygens (including phenoxy) is 2. The van der Waals surface area contributed by atoms with Gasteiger partial charge in [0.2, 0.25) is 11.8 Å². The van der Waals surface area contributed by atoms with Crippen LogP contribution in [0.15, 0.2) is 59.1 Å². The van der Waals surface area contributed by atoms with Crippen LogP contribution in [-0.2, 0) is 16.6 Å². The molecule has 4 rings (SSSR count). The molecule has 0 unspecified atom stereocenters. The molecule has 0 saturated heterocycles. The molecule has 0 saturated carbocycles. The number of fused-ring (bicyclic) bond motifs is 1. The largest absolute Gasteiger partial charge is 0.486 e. The van der Waals surface area contributed by atoms with E-state index in [1.54, 1.807) is 4.90 Å². The van der Waals surface area contributed by atoms with Crippen LogP contribution in [0.2, 0.25) is 0 Å². The van der Waals surface area contributed by atoms with E-state index in [1.807, 2.05) is 81.5 Å². The van der Waals surface area contributed by atoms with Gasteiger partial charge in [0.1, 0.15) is 13.2 Å². The summed E-state index contributed by atoms with van der Waals surface area (Å²) < 4.78 is 16.7. The number of rotatable bonds is 7. The molecule has 2 aromatic carbocycles. The molecule has 7 nitrogen and oxygen atoms in total. The lowest BCUT2D eigenvalue weighted by Crippen LogP contribution is -2.31. The van der Waals surface area contributed by atoms with Crippen molar-refractivity contribution in [3.63, 3.8) is 0 Å². The Kier molecular flexibility index (Phi) is 6.77. The minimum Gasteiger partial charge on any atom is -0.486 e. The highest BCUT2D eigenvalue weighted by atomic mass is 16.6. The first kappa shape index (κ1) is 22.6. The van der Waals surface area contributed by atoms with Crippen molar-refractivity contribution < 1.29 is 18.8 Å². The molecule has 0 atom stereocenters. The average Bonchev–Trinajstić information content (AvgIpc) is 3.31. The van der Waals surface area contributed by atoms with Gasteiger partial charge in [0.15, 0.2) is 17.3 Å². The summed E-state index contributed by atoms with van der Waals surface area (Å²) in [7, 11) is 0. The van der Waals surface area contributed by atoms with Gasteiger partial charge in [0, 0.05) is 36.6 Å². The van der Waals surface area contributed by atoms with Crippen molar-refractivity contribution in [2.24, 2.45) is 0 Å². The molecule has 172 valence electrons. The van der Waals surface area contributed by atoms with Gasteiger partial charge in [-0.3, -0.25) is 4.79 Å². The van der Waals surface area contributed by atoms with Gasteiger partial charge in [-0.05, 0) is 17.7 Å². The summed E-state index contributed by atoms with van der Waals surface area (Å²) in [6.07, 6.45) is 4.62. The third-order valence-electron chi connectivity index (χ3n) is 5.23. The first-order valence-electron chi connectivity index (χ1n) is 11.1. The highest BCUT2D eigenvalue weighted by Gasteiger charge is 2.23. The zero-order chi connectivity index (χ0) is 23.3. The Morgan fingerprint density at radius 1 is 1.06 bits per heavy atom. The lowest BCUT2D eigenvalue weighted by atomic mass is 9.96. The first-order valence-corrected chi connectivity index (χ1v) is 11.1. The summed E-state index contributed by atoms with van der Waals surface area (Å²) in [5, 5.41) is 4.05. The van der Waals surface area contributed by atoms with Crippen molar-refractivity contribution in [3.05, 3.63) is 71.9 Å². The highest BCUT2D eigenvalue weighted by Crippen LogP contribution is 2.34. The van der Waals surface area contributed by atoms with Crippen LogP contribution in [0.5, 0.6) is 11.5 Å². The number of nitrogens with zero attached hydrogens (tertiary/aromatic N) is 3. The second-order valence-corrected chi connectivity index (χ2v) is 8.91. The lowest BCUT2D eigenvalue weighted by molar-refractivity contribution is -0.118. The second-order valence-electron chi connectivity index (χ2n) is 8.91. The van der Waals surface area contributed by atoms with Gasteiger partial charge in [0.05, 0.1) is 0 Å². The van der Waals surface area contributed by atoms with Crippen LogP contribution in [0.1, 0.15) is 44.5 Å². The molecule has 0 spiro atoms. The number of aromatic nitrogens is 2. The molecule has 1 amide bonds. The quantitative estimate of drug-likeness (QED) is 0.517. The van der Waals surface area contributed by atoms with Crippen molar-refractivity contribution in [2.75, 3.05) is 24.7 Å². The SMILES string of the molecule is CC(C)(C)c1noc(CCC(=O)N(C/C=C/c2ccccc2)c2ccc3c(c2)OCCO3)n1. The van der Waals surface area contributed by atoms with E-state index in [0.717, 1.165) is 11.3 Å². The van der Waals surface area contributed by atoms with E-state index < -0.39 is 0 Å². The minimum absolute atomic E-state index is 0.0418. The molecule has 3 aromatic rings. The normalized spacial score (nSPS) is 13.3. The molecule has 7 heteroatoms. The van der Waals surface area contributed by atoms with Crippen LogP contribution < -0.4 is 14.4 Å². The predicted octanol–water partition coefficient (Wildman–Crippen LogP) is 4.82. The van der Waals surface area contributed by atoms with Gasteiger partial charge >= 0.3 is 0 Å². The van der Waals surface area contributed by atoms with Gasteiger partial charge in [-0.2, -0.15) is 4.98 Å². The topological polar surface area (TPSA) is 77.7 Å². The Labute approximate surface area is 194 Å². The third kappa shape index (κ3) is 5.80. The Morgan fingerprint density at radius 2 is 1.82 bits per heavy atom. The maximum absolute atomic E-state index is 13.3. The molecular weight excluding hydrogens is 418 g/mol. The summed E-state index contributed by atoms with van der Waals surface area (Å²) in [6.45, 7) is 7.51. The van der Waals surface area contributed by atoms with Crippen molar-refractivity contribution in [1.29, 1.82) is 0 Å². The summed E-state index contributed by atoms with van der Waals surface area (Å²) >= 11 is 0. The van der Waals surface area contributed by atoms with Crippen LogP contribution in [0.3, 0.4) is 0 Å². The van der Waals surface area contributed by atoms with Crippen molar-refractivity contribution in [3.8, 4) is 11.5 Å². The van der Waals surface area contributed by atoms with E-state index in [2.05, 4.69) is 10.1 Å². The lowest BCUT2D eigenvalue weighted by Gasteiger charge is -2.24. The van der Waals surface area contributed by atoms with Gasteiger partial charge < -0.3 is 18.9 Å². The summed E-state index contributed by atoms with van der Waals surface area (Å²) in [5.41, 5.74) is 1.63. The molecule has 33 heavy (non-hydrogen) atoms. The molecule has 0 aliphatic carbocycles. The zero-order valence-corrected chi connectivity index (χ0v) is 19.3. The predicted molar refractivity (Wildman–Crippen MR) is 127 cm³/mol. The fourth-order valence-electron chi connectivity index (χ4n) is 3.42. The Balaban J connectivity index is 1.50. The van der Waals surface area contributed by atoms with Crippen molar-refractivity contribution in [2.45, 2.75) is 39.0 Å². The first-order chi connectivity index (χ1) is 15.9. The fourth-order valence-corrected chi connectivity index (χ4v) is 3.42. The summed E-state index contributed by atoms with van der Waals surface area (Å²) in [4.78, 5) is 19.4. The molecule has 0 N–H and O–H groups in total. The van der Waals surface area contributed by atoms with Crippen LogP contribution >= 0.6 is 0 Å². The standard InChI is InChI=1S/C26H29N3O4/c1-26(2,3)25-27-23(33-28-25)13-14-24(30)29(15-7-10-19-8-5-4-6-9-19)20-11-12-21-22(18-20)32-17-16-31-21/h4-12,18H,13-17H2,1-3H3/b10-7+. The second kappa shape index (κ2) is 9.90. The number of anilines is 1. The summed E-state index contributed by atoms with van der Waals surface area (Å²) in [5.74, 6) is 2.41. The molecule has 0 fully saturated rings. The van der Waals surface area contributed by atoms with E-state index in [4.69, 9.17) is 14.0 Å². The van der Waals surface area contributed by atoms with Crippen molar-refractivity contribution in [1.82, 2.24) is 10.1 Å². The van der Waals surface area contributed by atoms with Gasteiger partial charge in [-0.15, -0.1) is 0 Å². The molecule has 0 radical (unpaired) electrons. The number of aryl methyl sites for hydroxylation is 1. The molecule has 2 heterocycles. The van der Waals surface area contributed by atoms with Gasteiger partial charge in [0.25, 0.3) is 0 Å². The van der Waals surface area contributed by atoms with Crippen LogP contribution in [0, 0.1) is 0 Å². The van der Waals surface area contributed by atoms with Crippen LogP contribution in [0.4, 0.5) is 5.69 Å². The molecule has 1 aliphatic rings. The Morgan fingerprint density at radius 3 is 2.55 bits per heavy atom. The van der Waals surface area contributed by atoms with Crippen LogP contribution in [-0.4, -0.2) is 35.8 Å². The number of hydrogen-bond donors (Lipinski definition) is 0. The molecule has 0 bridgehead atoms. The zero-order valence-electron chi connectivity index (χ0n) is 19.3. The van der Waals surface area contributed by atoms with E-state index >= 15 is 0 Å². The maximum Gasteiger partial charge on any atom is 0.227 e. The number of carbonyl (C=O) groups excluding carboxylic acids is 1. The Bertz CT molecular complexity index is 1120. The number of hydrogen-bond acceptors (Lipinski definition) is 6. The minimum atomic E-state index is -0.203. The van der Waals surface area contributed by atoms with Crippen molar-refractivity contribution >= 4 is 17.7 Å². The Hall–Kier alpha value is -3.61. The van der Waals surface area contributed by atoms with Crippen LogP contribution in [0.25, 0.3) is 6.08 Å². The van der Waals surface area contributed by atoms with E-state index in [-0.39, 0.29) is 17.7 Å². The monoisotopic (exact) mass is 447 g/mol. The highest BCUT2D eigenvalue weighted by molar-refractivity contribution is 5.94. The fraction of sp³-hybridized carbons (Fsp3) is 0.346. The molecule has 1 aromatic heterocycles.